The minimum Gasteiger partial charge on any atom is -0.337 e. The van der Waals surface area contributed by atoms with Crippen LogP contribution >= 0.6 is 0 Å². The summed E-state index contributed by atoms with van der Waals surface area (Å²) in [5.41, 5.74) is 0.149. The van der Waals surface area contributed by atoms with Crippen LogP contribution in [-0.2, 0) is 16.9 Å². The molecule has 1 aromatic rings. The molecule has 2 rings (SSSR count). The maximum Gasteiger partial charge on any atom is 0.254 e. The van der Waals surface area contributed by atoms with Crippen molar-refractivity contribution in [1.29, 1.82) is 0 Å². The molecule has 1 saturated carbocycles. The summed E-state index contributed by atoms with van der Waals surface area (Å²) in [6, 6.07) is 0. The van der Waals surface area contributed by atoms with E-state index in [1.165, 1.54) is 0 Å². The zero-order chi connectivity index (χ0) is 8.60. The molecular formula is C7H11N3O2. The molecular weight excluding hydrogens is 158 g/mol. The van der Waals surface area contributed by atoms with Gasteiger partial charge in [-0.15, -0.1) is 0 Å². The fourth-order valence-corrected chi connectivity index (χ4v) is 1.04. The molecule has 12 heavy (non-hydrogen) atoms. The molecule has 0 spiro atoms. The third-order valence-electron chi connectivity index (χ3n) is 2.21. The Hall–Kier alpha value is -0.940. The number of hydrogen-bond donors (Lipinski definition) is 1. The van der Waals surface area contributed by atoms with E-state index in [1.54, 1.807) is 0 Å². The maximum absolute atomic E-state index is 4.91. The topological polar surface area (TPSA) is 74.2 Å². The van der Waals surface area contributed by atoms with Crippen molar-refractivity contribution in [2.45, 2.75) is 31.8 Å². The van der Waals surface area contributed by atoms with E-state index in [4.69, 9.17) is 10.4 Å². The predicted octanol–water partition coefficient (Wildman–Crippen LogP) is 0.511. The van der Waals surface area contributed by atoms with Crippen LogP contribution in [0.2, 0.25) is 0 Å². The first-order chi connectivity index (χ1) is 5.74. The molecule has 0 aliphatic heterocycles. The summed E-state index contributed by atoms with van der Waals surface area (Å²) >= 11 is 0. The zero-order valence-corrected chi connectivity index (χ0v) is 6.91. The molecule has 66 valence electrons. The van der Waals surface area contributed by atoms with Crippen molar-refractivity contribution in [2.24, 2.45) is 5.90 Å². The van der Waals surface area contributed by atoms with Crippen LogP contribution in [0.5, 0.6) is 0 Å². The Bertz CT molecular complexity index is 280. The third kappa shape index (κ3) is 1.21. The molecule has 1 aromatic heterocycles. The molecule has 5 nitrogen and oxygen atoms in total. The van der Waals surface area contributed by atoms with Crippen molar-refractivity contribution in [3.8, 4) is 0 Å². The minimum atomic E-state index is 0.149. The van der Waals surface area contributed by atoms with Gasteiger partial charge in [-0.05, 0) is 12.8 Å². The van der Waals surface area contributed by atoms with Crippen molar-refractivity contribution >= 4 is 0 Å². The molecule has 2 N–H and O–H groups in total. The van der Waals surface area contributed by atoms with Gasteiger partial charge >= 0.3 is 0 Å². The number of nitrogens with zero attached hydrogens (tertiary/aromatic N) is 2. The number of aromatic nitrogens is 2. The predicted molar refractivity (Wildman–Crippen MR) is 39.9 cm³/mol. The van der Waals surface area contributed by atoms with Gasteiger partial charge in [0.1, 0.15) is 6.61 Å². The van der Waals surface area contributed by atoms with Crippen LogP contribution in [0, 0.1) is 0 Å². The van der Waals surface area contributed by atoms with E-state index in [2.05, 4.69) is 21.9 Å². The molecule has 0 radical (unpaired) electrons. The van der Waals surface area contributed by atoms with Crippen LogP contribution < -0.4 is 5.90 Å². The Labute approximate surface area is 69.8 Å². The van der Waals surface area contributed by atoms with Gasteiger partial charge in [-0.2, -0.15) is 4.98 Å². The van der Waals surface area contributed by atoms with Gasteiger partial charge in [-0.25, -0.2) is 5.90 Å². The Morgan fingerprint density at radius 2 is 2.42 bits per heavy atom. The summed E-state index contributed by atoms with van der Waals surface area (Å²) in [6.07, 6.45) is 2.27. The summed E-state index contributed by atoms with van der Waals surface area (Å²) < 4.78 is 4.91. The molecule has 1 aliphatic rings. The Balaban J connectivity index is 2.13. The summed E-state index contributed by atoms with van der Waals surface area (Å²) in [5.74, 6) is 6.08. The van der Waals surface area contributed by atoms with E-state index in [1.807, 2.05) is 0 Å². The van der Waals surface area contributed by atoms with Crippen molar-refractivity contribution in [1.82, 2.24) is 10.1 Å². The lowest BCUT2D eigenvalue weighted by Gasteiger charge is -1.96. The van der Waals surface area contributed by atoms with Gasteiger partial charge in [0.15, 0.2) is 5.82 Å². The fraction of sp³-hybridized carbons (Fsp3) is 0.714. The van der Waals surface area contributed by atoms with E-state index in [9.17, 15) is 0 Å². The fourth-order valence-electron chi connectivity index (χ4n) is 1.04. The summed E-state index contributed by atoms with van der Waals surface area (Å²) in [5, 5.41) is 3.85. The molecule has 1 heterocycles. The maximum atomic E-state index is 4.91. The molecule has 0 bridgehead atoms. The van der Waals surface area contributed by atoms with Gasteiger partial charge < -0.3 is 4.52 Å². The second-order valence-electron chi connectivity index (χ2n) is 3.38. The second-order valence-corrected chi connectivity index (χ2v) is 3.38. The molecule has 0 aromatic carbocycles. The Morgan fingerprint density at radius 3 is 3.00 bits per heavy atom. The molecule has 0 atom stereocenters. The van der Waals surface area contributed by atoms with E-state index < -0.39 is 0 Å². The molecule has 1 fully saturated rings. The standard InChI is InChI=1S/C7H11N3O2/c1-7(2-3-7)6-9-5(4-11-8)12-10-6/h2-4,8H2,1H3. The van der Waals surface area contributed by atoms with E-state index in [-0.39, 0.29) is 12.0 Å². The Morgan fingerprint density at radius 1 is 1.67 bits per heavy atom. The average molecular weight is 169 g/mol. The van der Waals surface area contributed by atoms with E-state index in [0.717, 1.165) is 18.7 Å². The minimum absolute atomic E-state index is 0.149. The van der Waals surface area contributed by atoms with Crippen LogP contribution in [0.4, 0.5) is 0 Å². The van der Waals surface area contributed by atoms with Crippen molar-refractivity contribution in [3.63, 3.8) is 0 Å². The largest absolute Gasteiger partial charge is 0.337 e. The van der Waals surface area contributed by atoms with Crippen LogP contribution in [-0.4, -0.2) is 10.1 Å². The van der Waals surface area contributed by atoms with Gasteiger partial charge in [0.25, 0.3) is 5.89 Å². The van der Waals surface area contributed by atoms with Crippen molar-refractivity contribution < 1.29 is 9.36 Å². The molecule has 0 amide bonds. The van der Waals surface area contributed by atoms with Crippen LogP contribution in [0.1, 0.15) is 31.5 Å². The van der Waals surface area contributed by atoms with Crippen molar-refractivity contribution in [2.75, 3.05) is 0 Å². The van der Waals surface area contributed by atoms with Gasteiger partial charge in [0.2, 0.25) is 0 Å². The average Bonchev–Trinajstić information content (AvgIpc) is 2.64. The lowest BCUT2D eigenvalue weighted by Crippen LogP contribution is -2.03. The van der Waals surface area contributed by atoms with Gasteiger partial charge in [0.05, 0.1) is 0 Å². The first-order valence-corrected chi connectivity index (χ1v) is 3.89. The SMILES string of the molecule is CC1(c2noc(CON)n2)CC1. The van der Waals surface area contributed by atoms with Crippen LogP contribution in [0.3, 0.4) is 0 Å². The normalized spacial score (nSPS) is 19.5. The lowest BCUT2D eigenvalue weighted by molar-refractivity contribution is 0.0995. The van der Waals surface area contributed by atoms with Gasteiger partial charge in [0, 0.05) is 5.41 Å². The summed E-state index contributed by atoms with van der Waals surface area (Å²) in [4.78, 5) is 8.53. The number of hydrogen-bond acceptors (Lipinski definition) is 5. The lowest BCUT2D eigenvalue weighted by atomic mass is 10.1. The van der Waals surface area contributed by atoms with Crippen LogP contribution in [0.15, 0.2) is 4.52 Å². The summed E-state index contributed by atoms with van der Waals surface area (Å²) in [6.45, 7) is 2.30. The van der Waals surface area contributed by atoms with E-state index >= 15 is 0 Å². The zero-order valence-electron chi connectivity index (χ0n) is 6.91. The first-order valence-electron chi connectivity index (χ1n) is 3.89. The highest BCUT2D eigenvalue weighted by Crippen LogP contribution is 2.45. The highest BCUT2D eigenvalue weighted by atomic mass is 16.6. The third-order valence-corrected chi connectivity index (χ3v) is 2.21. The molecule has 0 saturated heterocycles. The highest BCUT2D eigenvalue weighted by molar-refractivity contribution is 5.13. The number of rotatable bonds is 3. The molecule has 5 heteroatoms. The number of nitrogens with two attached hydrogens (primary N) is 1. The van der Waals surface area contributed by atoms with Gasteiger partial charge in [-0.1, -0.05) is 12.1 Å². The highest BCUT2D eigenvalue weighted by Gasteiger charge is 2.43. The smallest absolute Gasteiger partial charge is 0.254 e. The quantitative estimate of drug-likeness (QED) is 0.667. The molecule has 0 unspecified atom stereocenters. The monoisotopic (exact) mass is 169 g/mol. The second kappa shape index (κ2) is 2.53. The molecule has 1 aliphatic carbocycles. The Kier molecular flexibility index (Phi) is 1.62. The van der Waals surface area contributed by atoms with Gasteiger partial charge in [-0.3, -0.25) is 4.84 Å². The first kappa shape index (κ1) is 7.70. The van der Waals surface area contributed by atoms with E-state index in [0.29, 0.717) is 5.89 Å². The van der Waals surface area contributed by atoms with Crippen LogP contribution in [0.25, 0.3) is 0 Å². The summed E-state index contributed by atoms with van der Waals surface area (Å²) in [7, 11) is 0. The van der Waals surface area contributed by atoms with Crippen molar-refractivity contribution in [3.05, 3.63) is 11.7 Å².